The summed E-state index contributed by atoms with van der Waals surface area (Å²) in [5.41, 5.74) is 0.983. The Balaban J connectivity index is 2.10. The van der Waals surface area contributed by atoms with Crippen LogP contribution in [0.4, 0.5) is 8.78 Å². The molecule has 0 spiro atoms. The number of ether oxygens (including phenoxy) is 1. The molecule has 0 saturated heterocycles. The summed E-state index contributed by atoms with van der Waals surface area (Å²) < 4.78 is 32.5. The van der Waals surface area contributed by atoms with Crippen LogP contribution in [0.2, 0.25) is 0 Å². The van der Waals surface area contributed by atoms with Crippen molar-refractivity contribution in [2.75, 3.05) is 0 Å². The molecule has 0 unspecified atom stereocenters. The van der Waals surface area contributed by atoms with Gasteiger partial charge in [0.05, 0.1) is 0 Å². The molecule has 0 atom stereocenters. The van der Waals surface area contributed by atoms with Crippen molar-refractivity contribution >= 4 is 15.9 Å². The Morgan fingerprint density at radius 3 is 2.67 bits per heavy atom. The van der Waals surface area contributed by atoms with Crippen LogP contribution in [0.5, 0.6) is 11.6 Å². The molecule has 0 aliphatic rings. The highest BCUT2D eigenvalue weighted by Gasteiger charge is 2.12. The third-order valence-electron chi connectivity index (χ3n) is 2.69. The van der Waals surface area contributed by atoms with Crippen LogP contribution in [0.1, 0.15) is 19.4 Å². The van der Waals surface area contributed by atoms with Gasteiger partial charge in [-0.15, -0.1) is 0 Å². The van der Waals surface area contributed by atoms with Crippen LogP contribution in [0.3, 0.4) is 0 Å². The zero-order valence-electron chi connectivity index (χ0n) is 11.7. The molecule has 0 bridgehead atoms. The first-order valence-electron chi connectivity index (χ1n) is 6.46. The minimum absolute atomic E-state index is 0.206. The Hall–Kier alpha value is -1.53. The number of benzene rings is 1. The van der Waals surface area contributed by atoms with Crippen molar-refractivity contribution < 1.29 is 13.5 Å². The van der Waals surface area contributed by atoms with Gasteiger partial charge < -0.3 is 10.1 Å². The molecule has 2 aromatic rings. The molecule has 2 rings (SSSR count). The van der Waals surface area contributed by atoms with Crippen molar-refractivity contribution in [2.45, 2.75) is 26.4 Å². The Morgan fingerprint density at radius 1 is 1.29 bits per heavy atom. The zero-order valence-corrected chi connectivity index (χ0v) is 13.2. The quantitative estimate of drug-likeness (QED) is 0.805. The molecule has 0 aliphatic carbocycles. The highest BCUT2D eigenvalue weighted by atomic mass is 79.9. The van der Waals surface area contributed by atoms with Crippen LogP contribution in [-0.4, -0.2) is 11.0 Å². The smallest absolute Gasteiger partial charge is 0.219 e. The molecule has 0 radical (unpaired) electrons. The first-order chi connectivity index (χ1) is 9.95. The van der Waals surface area contributed by atoms with Gasteiger partial charge in [-0.2, -0.15) is 4.39 Å². The van der Waals surface area contributed by atoms with Gasteiger partial charge in [-0.3, -0.25) is 0 Å². The zero-order chi connectivity index (χ0) is 15.4. The Morgan fingerprint density at radius 2 is 2.05 bits per heavy atom. The average Bonchev–Trinajstić information content (AvgIpc) is 2.43. The molecular formula is C15H15BrF2N2O. The van der Waals surface area contributed by atoms with E-state index in [9.17, 15) is 8.78 Å². The molecule has 1 aromatic carbocycles. The van der Waals surface area contributed by atoms with Crippen molar-refractivity contribution in [3.8, 4) is 11.6 Å². The van der Waals surface area contributed by atoms with Crippen molar-refractivity contribution in [1.29, 1.82) is 0 Å². The summed E-state index contributed by atoms with van der Waals surface area (Å²) in [6.45, 7) is 4.79. The summed E-state index contributed by atoms with van der Waals surface area (Å²) in [5, 5.41) is 3.26. The lowest BCUT2D eigenvalue weighted by atomic mass is 10.2. The maximum atomic E-state index is 13.6. The second-order valence-corrected chi connectivity index (χ2v) is 5.76. The molecule has 0 aliphatic heterocycles. The predicted octanol–water partition coefficient (Wildman–Crippen LogP) is 4.41. The number of pyridine rings is 1. The number of halogens is 3. The van der Waals surface area contributed by atoms with Crippen LogP contribution in [0.25, 0.3) is 0 Å². The lowest BCUT2D eigenvalue weighted by Crippen LogP contribution is -2.21. The SMILES string of the molecule is CC(C)NCc1ccc(Oc2cc(Br)cc(F)c2F)nc1. The van der Waals surface area contributed by atoms with Crippen LogP contribution in [0, 0.1) is 11.6 Å². The average molecular weight is 357 g/mol. The summed E-state index contributed by atoms with van der Waals surface area (Å²) in [4.78, 5) is 4.09. The monoisotopic (exact) mass is 356 g/mol. The summed E-state index contributed by atoms with van der Waals surface area (Å²) in [6, 6.07) is 6.21. The van der Waals surface area contributed by atoms with Crippen molar-refractivity contribution in [2.24, 2.45) is 0 Å². The Bertz CT molecular complexity index is 618. The number of hydrogen-bond acceptors (Lipinski definition) is 3. The van der Waals surface area contributed by atoms with E-state index in [4.69, 9.17) is 4.74 Å². The largest absolute Gasteiger partial charge is 0.436 e. The van der Waals surface area contributed by atoms with E-state index < -0.39 is 11.6 Å². The molecular weight excluding hydrogens is 342 g/mol. The lowest BCUT2D eigenvalue weighted by Gasteiger charge is -2.09. The standard InChI is InChI=1S/C15H15BrF2N2O/c1-9(2)19-7-10-3-4-14(20-8-10)21-13-6-11(16)5-12(17)15(13)18/h3-6,8-9,19H,7H2,1-2H3. The first-order valence-corrected chi connectivity index (χ1v) is 7.25. The number of hydrogen-bond donors (Lipinski definition) is 1. The van der Waals surface area contributed by atoms with Crippen LogP contribution < -0.4 is 10.1 Å². The van der Waals surface area contributed by atoms with E-state index in [2.05, 4.69) is 40.1 Å². The van der Waals surface area contributed by atoms with Gasteiger partial charge in [-0.05, 0) is 17.7 Å². The number of nitrogens with one attached hydrogen (secondary N) is 1. The highest BCUT2D eigenvalue weighted by molar-refractivity contribution is 9.10. The van der Waals surface area contributed by atoms with E-state index in [0.29, 0.717) is 17.1 Å². The third-order valence-corrected chi connectivity index (χ3v) is 3.14. The van der Waals surface area contributed by atoms with Gasteiger partial charge in [-0.25, -0.2) is 9.37 Å². The van der Waals surface area contributed by atoms with Crippen LogP contribution in [-0.2, 0) is 6.54 Å². The van der Waals surface area contributed by atoms with Gasteiger partial charge in [0.2, 0.25) is 11.7 Å². The summed E-state index contributed by atoms with van der Waals surface area (Å²) in [6.07, 6.45) is 1.64. The summed E-state index contributed by atoms with van der Waals surface area (Å²) >= 11 is 3.09. The van der Waals surface area contributed by atoms with E-state index in [1.807, 2.05) is 6.07 Å². The minimum atomic E-state index is -1.04. The van der Waals surface area contributed by atoms with Crippen molar-refractivity contribution in [1.82, 2.24) is 10.3 Å². The maximum Gasteiger partial charge on any atom is 0.219 e. The van der Waals surface area contributed by atoms with E-state index in [0.717, 1.165) is 11.6 Å². The molecule has 1 aromatic heterocycles. The molecule has 0 amide bonds. The highest BCUT2D eigenvalue weighted by Crippen LogP contribution is 2.28. The van der Waals surface area contributed by atoms with Crippen LogP contribution >= 0.6 is 15.9 Å². The predicted molar refractivity (Wildman–Crippen MR) is 80.3 cm³/mol. The maximum absolute atomic E-state index is 13.6. The molecule has 0 saturated carbocycles. The van der Waals surface area contributed by atoms with Gasteiger partial charge in [0.1, 0.15) is 0 Å². The van der Waals surface area contributed by atoms with Gasteiger partial charge in [-0.1, -0.05) is 35.8 Å². The normalized spacial score (nSPS) is 11.0. The molecule has 6 heteroatoms. The van der Waals surface area contributed by atoms with Crippen molar-refractivity contribution in [3.63, 3.8) is 0 Å². The molecule has 0 fully saturated rings. The fourth-order valence-electron chi connectivity index (χ4n) is 1.62. The minimum Gasteiger partial charge on any atom is -0.436 e. The number of aromatic nitrogens is 1. The molecule has 1 heterocycles. The van der Waals surface area contributed by atoms with Crippen molar-refractivity contribution in [3.05, 3.63) is 52.1 Å². The Labute approximate surface area is 130 Å². The third kappa shape index (κ3) is 4.47. The summed E-state index contributed by atoms with van der Waals surface area (Å²) in [7, 11) is 0. The van der Waals surface area contributed by atoms with Gasteiger partial charge >= 0.3 is 0 Å². The van der Waals surface area contributed by atoms with Gasteiger partial charge in [0.25, 0.3) is 0 Å². The number of nitrogens with zero attached hydrogens (tertiary/aromatic N) is 1. The molecule has 21 heavy (non-hydrogen) atoms. The summed E-state index contributed by atoms with van der Waals surface area (Å²) in [5.74, 6) is -2.01. The second-order valence-electron chi connectivity index (χ2n) is 4.84. The molecule has 3 nitrogen and oxygen atoms in total. The van der Waals surface area contributed by atoms with E-state index in [1.165, 1.54) is 6.07 Å². The van der Waals surface area contributed by atoms with Gasteiger partial charge in [0.15, 0.2) is 11.6 Å². The fourth-order valence-corrected chi connectivity index (χ4v) is 2.03. The molecule has 1 N–H and O–H groups in total. The van der Waals surface area contributed by atoms with E-state index >= 15 is 0 Å². The van der Waals surface area contributed by atoms with E-state index in [-0.39, 0.29) is 11.6 Å². The van der Waals surface area contributed by atoms with E-state index in [1.54, 1.807) is 12.3 Å². The number of rotatable bonds is 5. The van der Waals surface area contributed by atoms with Gasteiger partial charge in [0, 0.05) is 29.3 Å². The molecule has 112 valence electrons. The topological polar surface area (TPSA) is 34.1 Å². The Kier molecular flexibility index (Phi) is 5.25. The first kappa shape index (κ1) is 15.9. The fraction of sp³-hybridized carbons (Fsp3) is 0.267. The second kappa shape index (κ2) is 6.95. The van der Waals surface area contributed by atoms with Crippen LogP contribution in [0.15, 0.2) is 34.9 Å². The lowest BCUT2D eigenvalue weighted by molar-refractivity contribution is 0.404.